The predicted molar refractivity (Wildman–Crippen MR) is 51.8 cm³/mol. The summed E-state index contributed by atoms with van der Waals surface area (Å²) in [5, 5.41) is 15.8. The fraction of sp³-hybridized carbons (Fsp3) is 0.700. The lowest BCUT2D eigenvalue weighted by Crippen LogP contribution is -2.17. The number of nitrogens with zero attached hydrogens (tertiary/aromatic N) is 1. The molecule has 4 nitrogen and oxygen atoms in total. The third kappa shape index (κ3) is 2.33. The Morgan fingerprint density at radius 1 is 1.50 bits per heavy atom. The molecule has 0 amide bonds. The predicted octanol–water partition coefficient (Wildman–Crippen LogP) is 0.871. The van der Waals surface area contributed by atoms with Crippen molar-refractivity contribution in [1.82, 2.24) is 10.2 Å². The first-order valence-electron chi connectivity index (χ1n) is 5.10. The van der Waals surface area contributed by atoms with Gasteiger partial charge >= 0.3 is 0 Å². The summed E-state index contributed by atoms with van der Waals surface area (Å²) in [5.41, 5.74) is 1.85. The molecule has 0 aromatic carbocycles. The van der Waals surface area contributed by atoms with Crippen LogP contribution in [0.4, 0.5) is 0 Å². The Morgan fingerprint density at radius 3 is 2.93 bits per heavy atom. The van der Waals surface area contributed by atoms with Gasteiger partial charge in [0.2, 0.25) is 0 Å². The van der Waals surface area contributed by atoms with Crippen molar-refractivity contribution < 1.29 is 9.84 Å². The third-order valence-electron chi connectivity index (χ3n) is 2.69. The van der Waals surface area contributed by atoms with Gasteiger partial charge in [0, 0.05) is 13.2 Å². The highest BCUT2D eigenvalue weighted by atomic mass is 16.5. The molecule has 2 N–H and O–H groups in total. The molecule has 0 unspecified atom stereocenters. The van der Waals surface area contributed by atoms with Crippen LogP contribution in [0.15, 0.2) is 6.07 Å². The number of H-pyrrole nitrogens is 1. The molecule has 2 rings (SSSR count). The maximum Gasteiger partial charge on any atom is 0.0847 e. The van der Waals surface area contributed by atoms with E-state index in [1.807, 2.05) is 6.07 Å². The van der Waals surface area contributed by atoms with Crippen molar-refractivity contribution in [3.8, 4) is 0 Å². The number of aromatic amines is 1. The van der Waals surface area contributed by atoms with Crippen LogP contribution in [0.2, 0.25) is 0 Å². The number of hydrogen-bond donors (Lipinski definition) is 2. The van der Waals surface area contributed by atoms with Gasteiger partial charge in [0.1, 0.15) is 0 Å². The molecule has 4 heteroatoms. The van der Waals surface area contributed by atoms with Crippen LogP contribution in [0.5, 0.6) is 0 Å². The molecule has 2 heterocycles. The normalized spacial score (nSPS) is 18.6. The average Bonchev–Trinajstić information content (AvgIpc) is 2.67. The standard InChI is InChI=1S/C10H16N2O2/c13-7-10-6-9(11-12-10)5-8-1-3-14-4-2-8/h6,8,13H,1-5,7H2,(H,11,12). The number of aromatic nitrogens is 2. The van der Waals surface area contributed by atoms with Gasteiger partial charge in [-0.25, -0.2) is 0 Å². The summed E-state index contributed by atoms with van der Waals surface area (Å²) in [7, 11) is 0. The number of rotatable bonds is 3. The van der Waals surface area contributed by atoms with Gasteiger partial charge in [-0.1, -0.05) is 0 Å². The van der Waals surface area contributed by atoms with Gasteiger partial charge in [-0.05, 0) is 31.2 Å². The minimum Gasteiger partial charge on any atom is -0.390 e. The zero-order valence-electron chi connectivity index (χ0n) is 8.20. The Morgan fingerprint density at radius 2 is 2.29 bits per heavy atom. The Balaban J connectivity index is 1.89. The summed E-state index contributed by atoms with van der Waals surface area (Å²) in [4.78, 5) is 0. The molecule has 1 fully saturated rings. The molecule has 14 heavy (non-hydrogen) atoms. The van der Waals surface area contributed by atoms with E-state index < -0.39 is 0 Å². The van der Waals surface area contributed by atoms with Crippen LogP contribution >= 0.6 is 0 Å². The minimum atomic E-state index is 0.0424. The molecular weight excluding hydrogens is 180 g/mol. The van der Waals surface area contributed by atoms with Crippen molar-refractivity contribution in [2.75, 3.05) is 13.2 Å². The number of aliphatic hydroxyl groups excluding tert-OH is 1. The van der Waals surface area contributed by atoms with E-state index >= 15 is 0 Å². The van der Waals surface area contributed by atoms with Gasteiger partial charge in [0.05, 0.1) is 18.0 Å². The second-order valence-electron chi connectivity index (χ2n) is 3.80. The van der Waals surface area contributed by atoms with Crippen LogP contribution in [0.1, 0.15) is 24.2 Å². The van der Waals surface area contributed by atoms with Crippen molar-refractivity contribution in [1.29, 1.82) is 0 Å². The third-order valence-corrected chi connectivity index (χ3v) is 2.69. The molecule has 0 bridgehead atoms. The molecule has 0 spiro atoms. The molecule has 1 aliphatic rings. The molecule has 1 saturated heterocycles. The molecule has 78 valence electrons. The number of nitrogens with one attached hydrogen (secondary N) is 1. The Bertz CT molecular complexity index is 279. The lowest BCUT2D eigenvalue weighted by Gasteiger charge is -2.20. The molecule has 0 radical (unpaired) electrons. The molecule has 0 aliphatic carbocycles. The lowest BCUT2D eigenvalue weighted by molar-refractivity contribution is 0.0662. The van der Waals surface area contributed by atoms with Crippen molar-refractivity contribution in [2.24, 2.45) is 5.92 Å². The van der Waals surface area contributed by atoms with E-state index in [9.17, 15) is 0 Å². The molecule has 0 atom stereocenters. The summed E-state index contributed by atoms with van der Waals surface area (Å²) in [6.07, 6.45) is 3.25. The highest BCUT2D eigenvalue weighted by Gasteiger charge is 2.15. The Kier molecular flexibility index (Phi) is 3.16. The van der Waals surface area contributed by atoms with E-state index in [2.05, 4.69) is 10.2 Å². The summed E-state index contributed by atoms with van der Waals surface area (Å²) in [6, 6.07) is 1.94. The second kappa shape index (κ2) is 4.57. The van der Waals surface area contributed by atoms with Gasteiger partial charge in [-0.3, -0.25) is 5.10 Å². The minimum absolute atomic E-state index is 0.0424. The lowest BCUT2D eigenvalue weighted by atomic mass is 9.95. The molecule has 1 aromatic heterocycles. The van der Waals surface area contributed by atoms with Gasteiger partial charge < -0.3 is 9.84 Å². The van der Waals surface area contributed by atoms with Gasteiger partial charge in [-0.15, -0.1) is 0 Å². The average molecular weight is 196 g/mol. The fourth-order valence-electron chi connectivity index (χ4n) is 1.84. The van der Waals surface area contributed by atoms with Crippen LogP contribution in [0, 0.1) is 5.92 Å². The molecular formula is C10H16N2O2. The number of hydrogen-bond acceptors (Lipinski definition) is 3. The van der Waals surface area contributed by atoms with Crippen molar-refractivity contribution >= 4 is 0 Å². The summed E-state index contributed by atoms with van der Waals surface area (Å²) >= 11 is 0. The maximum atomic E-state index is 8.87. The topological polar surface area (TPSA) is 58.1 Å². The van der Waals surface area contributed by atoms with Crippen LogP contribution < -0.4 is 0 Å². The summed E-state index contributed by atoms with van der Waals surface area (Å²) < 4.78 is 5.30. The smallest absolute Gasteiger partial charge is 0.0847 e. The van der Waals surface area contributed by atoms with Crippen LogP contribution in [0.3, 0.4) is 0 Å². The van der Waals surface area contributed by atoms with E-state index in [-0.39, 0.29) is 6.61 Å². The highest BCUT2D eigenvalue weighted by molar-refractivity contribution is 5.08. The van der Waals surface area contributed by atoms with E-state index in [0.717, 1.165) is 43.9 Å². The van der Waals surface area contributed by atoms with E-state index in [1.54, 1.807) is 0 Å². The molecule has 0 saturated carbocycles. The zero-order valence-corrected chi connectivity index (χ0v) is 8.20. The van der Waals surface area contributed by atoms with E-state index in [1.165, 1.54) is 0 Å². The first-order valence-corrected chi connectivity index (χ1v) is 5.10. The first kappa shape index (κ1) is 9.68. The quantitative estimate of drug-likeness (QED) is 0.754. The van der Waals surface area contributed by atoms with Crippen LogP contribution in [-0.2, 0) is 17.8 Å². The fourth-order valence-corrected chi connectivity index (χ4v) is 1.84. The first-order chi connectivity index (χ1) is 6.88. The van der Waals surface area contributed by atoms with Crippen molar-refractivity contribution in [2.45, 2.75) is 25.9 Å². The zero-order chi connectivity index (χ0) is 9.80. The summed E-state index contributed by atoms with van der Waals surface area (Å²) in [6.45, 7) is 1.80. The van der Waals surface area contributed by atoms with Gasteiger partial charge in [0.25, 0.3) is 0 Å². The van der Waals surface area contributed by atoms with Crippen molar-refractivity contribution in [3.05, 3.63) is 17.5 Å². The van der Waals surface area contributed by atoms with Crippen molar-refractivity contribution in [3.63, 3.8) is 0 Å². The largest absolute Gasteiger partial charge is 0.390 e. The SMILES string of the molecule is OCc1cc(CC2CCOCC2)n[nH]1. The maximum absolute atomic E-state index is 8.87. The summed E-state index contributed by atoms with van der Waals surface area (Å²) in [5.74, 6) is 0.693. The Hall–Kier alpha value is -0.870. The van der Waals surface area contributed by atoms with Crippen LogP contribution in [-0.4, -0.2) is 28.5 Å². The monoisotopic (exact) mass is 196 g/mol. The molecule has 1 aliphatic heterocycles. The van der Waals surface area contributed by atoms with E-state index in [4.69, 9.17) is 9.84 Å². The highest BCUT2D eigenvalue weighted by Crippen LogP contribution is 2.19. The molecule has 1 aromatic rings. The van der Waals surface area contributed by atoms with Crippen LogP contribution in [0.25, 0.3) is 0 Å². The van der Waals surface area contributed by atoms with Gasteiger partial charge in [0.15, 0.2) is 0 Å². The van der Waals surface area contributed by atoms with E-state index in [0.29, 0.717) is 5.92 Å². The number of ether oxygens (including phenoxy) is 1. The number of aliphatic hydroxyl groups is 1. The van der Waals surface area contributed by atoms with Gasteiger partial charge in [-0.2, -0.15) is 5.10 Å². The second-order valence-corrected chi connectivity index (χ2v) is 3.80. The Labute approximate surface area is 83.3 Å².